The fraction of sp³-hybridized carbons (Fsp3) is 0.588. The van der Waals surface area contributed by atoms with Gasteiger partial charge in [-0.15, -0.1) is 0 Å². The van der Waals surface area contributed by atoms with Crippen LogP contribution in [-0.4, -0.2) is 72.5 Å². The Morgan fingerprint density at radius 1 is 1.42 bits per heavy atom. The van der Waals surface area contributed by atoms with Crippen LogP contribution in [-0.2, 0) is 14.3 Å². The lowest BCUT2D eigenvalue weighted by Gasteiger charge is -2.27. The highest BCUT2D eigenvalue weighted by molar-refractivity contribution is 5.85. The van der Waals surface area contributed by atoms with Gasteiger partial charge in [0, 0.05) is 39.5 Å². The van der Waals surface area contributed by atoms with Gasteiger partial charge in [0.25, 0.3) is 0 Å². The Morgan fingerprint density at radius 3 is 2.83 bits per heavy atom. The van der Waals surface area contributed by atoms with Crippen molar-refractivity contribution in [3.63, 3.8) is 0 Å². The molecule has 2 aliphatic heterocycles. The normalized spacial score (nSPS) is 30.8. The van der Waals surface area contributed by atoms with Crippen LogP contribution in [0.25, 0.3) is 0 Å². The number of rotatable bonds is 4. The van der Waals surface area contributed by atoms with E-state index in [2.05, 4.69) is 10.3 Å². The summed E-state index contributed by atoms with van der Waals surface area (Å²) in [6.07, 6.45) is 4.51. The van der Waals surface area contributed by atoms with Gasteiger partial charge in [-0.1, -0.05) is 6.07 Å². The van der Waals surface area contributed by atoms with E-state index >= 15 is 0 Å². The van der Waals surface area contributed by atoms with Crippen LogP contribution in [0.1, 0.15) is 24.4 Å². The molecule has 24 heavy (non-hydrogen) atoms. The summed E-state index contributed by atoms with van der Waals surface area (Å²) < 4.78 is 5.36. The standard InChI is InChI=1S/C17H24N4O3/c1-20-10-12(24-3)7-14(20)17(23)19-13-8-15(22)21(2)16(13)11-5-4-6-18-9-11/h4-6,9,12-14,16H,7-8,10H2,1-3H3,(H,19,23)/t12-,13+,14-,16-/m0/s1. The minimum absolute atomic E-state index is 0.0312. The monoisotopic (exact) mass is 332 g/mol. The highest BCUT2D eigenvalue weighted by Gasteiger charge is 2.42. The van der Waals surface area contributed by atoms with Crippen LogP contribution in [0.5, 0.6) is 0 Å². The van der Waals surface area contributed by atoms with Crippen LogP contribution in [0.4, 0.5) is 0 Å². The number of ether oxygens (including phenoxy) is 1. The molecular weight excluding hydrogens is 308 g/mol. The van der Waals surface area contributed by atoms with Crippen LogP contribution < -0.4 is 5.32 Å². The van der Waals surface area contributed by atoms with E-state index in [1.54, 1.807) is 31.5 Å². The first-order chi connectivity index (χ1) is 11.5. The second-order valence-corrected chi connectivity index (χ2v) is 6.60. The number of methoxy groups -OCH3 is 1. The predicted octanol–water partition coefficient (Wildman–Crippen LogP) is 0.189. The van der Waals surface area contributed by atoms with Crippen molar-refractivity contribution in [1.82, 2.24) is 20.1 Å². The molecule has 2 fully saturated rings. The molecule has 0 saturated carbocycles. The Labute approximate surface area is 142 Å². The molecule has 0 radical (unpaired) electrons. The summed E-state index contributed by atoms with van der Waals surface area (Å²) in [4.78, 5) is 32.7. The predicted molar refractivity (Wildman–Crippen MR) is 88.1 cm³/mol. The number of aromatic nitrogens is 1. The highest BCUT2D eigenvalue weighted by atomic mass is 16.5. The van der Waals surface area contributed by atoms with Gasteiger partial charge >= 0.3 is 0 Å². The molecule has 3 heterocycles. The van der Waals surface area contributed by atoms with Crippen molar-refractivity contribution in [3.05, 3.63) is 30.1 Å². The first-order valence-corrected chi connectivity index (χ1v) is 8.20. The third kappa shape index (κ3) is 3.14. The summed E-state index contributed by atoms with van der Waals surface area (Å²) >= 11 is 0. The summed E-state index contributed by atoms with van der Waals surface area (Å²) in [5, 5.41) is 3.08. The zero-order valence-corrected chi connectivity index (χ0v) is 14.3. The quantitative estimate of drug-likeness (QED) is 0.852. The molecule has 3 rings (SSSR count). The average Bonchev–Trinajstić information content (AvgIpc) is 3.08. The third-order valence-corrected chi connectivity index (χ3v) is 5.09. The van der Waals surface area contributed by atoms with E-state index in [1.807, 2.05) is 24.1 Å². The maximum atomic E-state index is 12.7. The molecule has 0 bridgehead atoms. The van der Waals surface area contributed by atoms with Gasteiger partial charge in [0.05, 0.1) is 24.2 Å². The van der Waals surface area contributed by atoms with Crippen molar-refractivity contribution in [3.8, 4) is 0 Å². The Morgan fingerprint density at radius 2 is 2.21 bits per heavy atom. The number of likely N-dealkylation sites (N-methyl/N-ethyl adjacent to an activating group) is 2. The van der Waals surface area contributed by atoms with Gasteiger partial charge < -0.3 is 15.0 Å². The zero-order chi connectivity index (χ0) is 17.3. The molecule has 4 atom stereocenters. The van der Waals surface area contributed by atoms with Crippen LogP contribution in [0.15, 0.2) is 24.5 Å². The largest absolute Gasteiger partial charge is 0.380 e. The van der Waals surface area contributed by atoms with Crippen molar-refractivity contribution >= 4 is 11.8 Å². The van der Waals surface area contributed by atoms with E-state index in [9.17, 15) is 9.59 Å². The second kappa shape index (κ2) is 6.86. The molecule has 1 aromatic rings. The van der Waals surface area contributed by atoms with E-state index in [1.165, 1.54) is 0 Å². The topological polar surface area (TPSA) is 74.8 Å². The molecule has 2 saturated heterocycles. The summed E-state index contributed by atoms with van der Waals surface area (Å²) in [6.45, 7) is 0.740. The number of amides is 2. The van der Waals surface area contributed by atoms with Gasteiger partial charge in [-0.25, -0.2) is 0 Å². The summed E-state index contributed by atoms with van der Waals surface area (Å²) in [5.41, 5.74) is 0.936. The molecule has 130 valence electrons. The Hall–Kier alpha value is -1.99. The fourth-order valence-corrected chi connectivity index (χ4v) is 3.71. The van der Waals surface area contributed by atoms with E-state index in [0.717, 1.165) is 12.1 Å². The number of nitrogens with zero attached hydrogens (tertiary/aromatic N) is 3. The van der Waals surface area contributed by atoms with Gasteiger partial charge in [0.1, 0.15) is 0 Å². The Kier molecular flexibility index (Phi) is 4.82. The number of carbonyl (C=O) groups is 2. The number of nitrogens with one attached hydrogen (secondary N) is 1. The zero-order valence-electron chi connectivity index (χ0n) is 14.3. The van der Waals surface area contributed by atoms with E-state index in [0.29, 0.717) is 12.8 Å². The molecular formula is C17H24N4O3. The van der Waals surface area contributed by atoms with Crippen molar-refractivity contribution in [2.45, 2.75) is 37.1 Å². The number of pyridine rings is 1. The Balaban J connectivity index is 1.73. The van der Waals surface area contributed by atoms with Crippen LogP contribution >= 0.6 is 0 Å². The molecule has 0 unspecified atom stereocenters. The van der Waals surface area contributed by atoms with Crippen LogP contribution in [0.3, 0.4) is 0 Å². The number of hydrogen-bond acceptors (Lipinski definition) is 5. The van der Waals surface area contributed by atoms with Crippen molar-refractivity contribution in [1.29, 1.82) is 0 Å². The average molecular weight is 332 g/mol. The molecule has 1 aromatic heterocycles. The smallest absolute Gasteiger partial charge is 0.237 e. The van der Waals surface area contributed by atoms with Gasteiger partial charge in [-0.3, -0.25) is 19.5 Å². The molecule has 0 spiro atoms. The van der Waals surface area contributed by atoms with Gasteiger partial charge in [0.15, 0.2) is 0 Å². The lowest BCUT2D eigenvalue weighted by molar-refractivity contribution is -0.127. The van der Waals surface area contributed by atoms with Crippen LogP contribution in [0.2, 0.25) is 0 Å². The maximum absolute atomic E-state index is 12.7. The molecule has 2 aliphatic rings. The fourth-order valence-electron chi connectivity index (χ4n) is 3.71. The lowest BCUT2D eigenvalue weighted by atomic mass is 10.0. The molecule has 2 amide bonds. The van der Waals surface area contributed by atoms with Gasteiger partial charge in [-0.2, -0.15) is 0 Å². The van der Waals surface area contributed by atoms with E-state index < -0.39 is 0 Å². The van der Waals surface area contributed by atoms with Crippen LogP contribution in [0, 0.1) is 0 Å². The SMILES string of the molecule is CO[C@H]1C[C@@H](C(=O)N[C@@H]2CC(=O)N(C)[C@H]2c2cccnc2)N(C)C1. The summed E-state index contributed by atoms with van der Waals surface area (Å²) in [5.74, 6) is -0.0114. The minimum atomic E-state index is -0.241. The third-order valence-electron chi connectivity index (χ3n) is 5.09. The molecule has 0 aromatic carbocycles. The van der Waals surface area contributed by atoms with E-state index in [4.69, 9.17) is 4.74 Å². The lowest BCUT2D eigenvalue weighted by Crippen LogP contribution is -2.47. The number of carbonyl (C=O) groups excluding carboxylic acids is 2. The van der Waals surface area contributed by atoms with Crippen molar-refractivity contribution in [2.24, 2.45) is 0 Å². The van der Waals surface area contributed by atoms with Crippen molar-refractivity contribution in [2.75, 3.05) is 27.7 Å². The first-order valence-electron chi connectivity index (χ1n) is 8.20. The highest BCUT2D eigenvalue weighted by Crippen LogP contribution is 2.32. The maximum Gasteiger partial charge on any atom is 0.237 e. The summed E-state index contributed by atoms with van der Waals surface area (Å²) in [7, 11) is 5.37. The number of hydrogen-bond donors (Lipinski definition) is 1. The second-order valence-electron chi connectivity index (χ2n) is 6.60. The summed E-state index contributed by atoms with van der Waals surface area (Å²) in [6, 6.07) is 3.15. The van der Waals surface area contributed by atoms with Gasteiger partial charge in [0.2, 0.25) is 11.8 Å². The van der Waals surface area contributed by atoms with Gasteiger partial charge in [-0.05, 0) is 25.1 Å². The molecule has 1 N–H and O–H groups in total. The molecule has 0 aliphatic carbocycles. The van der Waals surface area contributed by atoms with E-state index in [-0.39, 0.29) is 36.0 Å². The Bertz CT molecular complexity index is 609. The molecule has 7 nitrogen and oxygen atoms in total. The number of likely N-dealkylation sites (tertiary alicyclic amines) is 2. The van der Waals surface area contributed by atoms with Crippen molar-refractivity contribution < 1.29 is 14.3 Å². The minimum Gasteiger partial charge on any atom is -0.380 e. The molecule has 7 heteroatoms. The first kappa shape index (κ1) is 16.9.